The second-order valence-electron chi connectivity index (χ2n) is 6.49. The maximum absolute atomic E-state index is 12.8. The number of carbonyl (C=O) groups excluding carboxylic acids is 1. The molecule has 1 heterocycles. The Balaban J connectivity index is 0.00000264. The number of quaternary nitrogens is 1. The standard InChI is InChI=1S/C18H28N2O2.Y/c1-6-20(9-7-8-10-20)15(4)18(21)19-17-13(2)11-16(22-5)12-14(17)3;/h11-12,15H,6-10H2,1-5H3;/p+1. The summed E-state index contributed by atoms with van der Waals surface area (Å²) in [7, 11) is 1.66. The first-order valence-electron chi connectivity index (χ1n) is 8.25. The average molecular weight is 394 g/mol. The van der Waals surface area contributed by atoms with Crippen molar-refractivity contribution < 1.29 is 46.7 Å². The van der Waals surface area contributed by atoms with Gasteiger partial charge in [0, 0.05) is 51.2 Å². The second kappa shape index (κ2) is 8.59. The molecule has 0 saturated carbocycles. The van der Waals surface area contributed by atoms with Gasteiger partial charge in [0.2, 0.25) is 0 Å². The Bertz CT molecular complexity index is 531. The van der Waals surface area contributed by atoms with Crippen LogP contribution in [-0.4, -0.2) is 43.2 Å². The number of likely N-dealkylation sites (tertiary alicyclic amines) is 1. The number of nitrogens with one attached hydrogen (secondary N) is 1. The van der Waals surface area contributed by atoms with Crippen LogP contribution in [0.15, 0.2) is 12.1 Å². The Hall–Kier alpha value is -0.446. The van der Waals surface area contributed by atoms with Crippen LogP contribution in [0.25, 0.3) is 0 Å². The molecule has 4 nitrogen and oxygen atoms in total. The van der Waals surface area contributed by atoms with Crippen LogP contribution < -0.4 is 10.1 Å². The van der Waals surface area contributed by atoms with Crippen LogP contribution in [0.1, 0.15) is 37.8 Å². The molecule has 125 valence electrons. The van der Waals surface area contributed by atoms with Crippen LogP contribution in [0, 0.1) is 13.8 Å². The molecule has 1 radical (unpaired) electrons. The van der Waals surface area contributed by atoms with E-state index in [0.717, 1.165) is 46.7 Å². The number of nitrogens with zero attached hydrogens (tertiary/aromatic N) is 1. The third-order valence-electron chi connectivity index (χ3n) is 5.28. The molecule has 1 aromatic carbocycles. The van der Waals surface area contributed by atoms with Gasteiger partial charge in [0.25, 0.3) is 5.91 Å². The molecule has 23 heavy (non-hydrogen) atoms. The molecule has 1 aromatic rings. The van der Waals surface area contributed by atoms with E-state index in [1.807, 2.05) is 26.0 Å². The van der Waals surface area contributed by atoms with Crippen molar-refractivity contribution in [1.29, 1.82) is 0 Å². The van der Waals surface area contributed by atoms with E-state index in [1.54, 1.807) is 7.11 Å². The van der Waals surface area contributed by atoms with E-state index in [-0.39, 0.29) is 44.7 Å². The van der Waals surface area contributed by atoms with E-state index in [1.165, 1.54) is 12.8 Å². The number of rotatable bonds is 5. The quantitative estimate of drug-likeness (QED) is 0.779. The zero-order valence-corrected chi connectivity index (χ0v) is 17.9. The molecular formula is C18H29N2O2Y+. The average Bonchev–Trinajstić information content (AvgIpc) is 2.99. The fourth-order valence-corrected chi connectivity index (χ4v) is 3.66. The maximum atomic E-state index is 12.8. The van der Waals surface area contributed by atoms with Gasteiger partial charge >= 0.3 is 0 Å². The van der Waals surface area contributed by atoms with E-state index in [9.17, 15) is 4.79 Å². The third kappa shape index (κ3) is 4.34. The monoisotopic (exact) mass is 394 g/mol. The molecule has 1 amide bonds. The fourth-order valence-electron chi connectivity index (χ4n) is 3.66. The minimum atomic E-state index is -0.00611. The molecule has 0 spiro atoms. The van der Waals surface area contributed by atoms with E-state index in [4.69, 9.17) is 4.74 Å². The minimum absolute atomic E-state index is 0. The number of aryl methyl sites for hydroxylation is 2. The predicted octanol–water partition coefficient (Wildman–Crippen LogP) is 3.27. The van der Waals surface area contributed by atoms with Gasteiger partial charge in [-0.2, -0.15) is 0 Å². The molecule has 0 bridgehead atoms. The Morgan fingerprint density at radius 2 is 1.78 bits per heavy atom. The molecule has 1 saturated heterocycles. The fraction of sp³-hybridized carbons (Fsp3) is 0.611. The number of hydrogen-bond acceptors (Lipinski definition) is 2. The molecule has 2 rings (SSSR count). The van der Waals surface area contributed by atoms with E-state index in [0.29, 0.717) is 0 Å². The van der Waals surface area contributed by atoms with Crippen molar-refractivity contribution in [1.82, 2.24) is 0 Å². The second-order valence-corrected chi connectivity index (χ2v) is 6.49. The van der Waals surface area contributed by atoms with Gasteiger partial charge in [-0.05, 0) is 51.0 Å². The summed E-state index contributed by atoms with van der Waals surface area (Å²) in [5.74, 6) is 0.956. The Kier molecular flexibility index (Phi) is 7.70. The third-order valence-corrected chi connectivity index (χ3v) is 5.28. The summed E-state index contributed by atoms with van der Waals surface area (Å²) in [5.41, 5.74) is 3.01. The minimum Gasteiger partial charge on any atom is -0.497 e. The smallest absolute Gasteiger partial charge is 0.282 e. The molecule has 1 unspecified atom stereocenters. The van der Waals surface area contributed by atoms with E-state index in [2.05, 4.69) is 19.2 Å². The molecular weight excluding hydrogens is 365 g/mol. The summed E-state index contributed by atoms with van der Waals surface area (Å²) in [5, 5.41) is 3.16. The summed E-state index contributed by atoms with van der Waals surface area (Å²) in [6, 6.07) is 3.93. The molecule has 1 atom stereocenters. The zero-order chi connectivity index (χ0) is 16.3. The first kappa shape index (κ1) is 20.6. The molecule has 1 fully saturated rings. The number of likely N-dealkylation sites (N-methyl/N-ethyl adjacent to an activating group) is 1. The summed E-state index contributed by atoms with van der Waals surface area (Å²) in [6.07, 6.45) is 2.46. The molecule has 0 aromatic heterocycles. The largest absolute Gasteiger partial charge is 0.497 e. The van der Waals surface area contributed by atoms with Crippen molar-refractivity contribution in [3.8, 4) is 5.75 Å². The number of ether oxygens (including phenoxy) is 1. The Morgan fingerprint density at radius 3 is 2.22 bits per heavy atom. The van der Waals surface area contributed by atoms with Gasteiger partial charge in [0.15, 0.2) is 6.04 Å². The normalized spacial score (nSPS) is 17.3. The van der Waals surface area contributed by atoms with Gasteiger partial charge < -0.3 is 14.5 Å². The molecule has 1 N–H and O–H groups in total. The summed E-state index contributed by atoms with van der Waals surface area (Å²) < 4.78 is 6.20. The van der Waals surface area contributed by atoms with Crippen LogP contribution >= 0.6 is 0 Å². The van der Waals surface area contributed by atoms with Crippen LogP contribution in [0.3, 0.4) is 0 Å². The topological polar surface area (TPSA) is 38.3 Å². The number of anilines is 1. The van der Waals surface area contributed by atoms with Gasteiger partial charge in [-0.1, -0.05) is 0 Å². The summed E-state index contributed by atoms with van der Waals surface area (Å²) in [6.45, 7) is 11.5. The van der Waals surface area contributed by atoms with Gasteiger partial charge in [-0.25, -0.2) is 0 Å². The van der Waals surface area contributed by atoms with Gasteiger partial charge in [-0.15, -0.1) is 0 Å². The zero-order valence-electron chi connectivity index (χ0n) is 15.1. The van der Waals surface area contributed by atoms with Gasteiger partial charge in [-0.3, -0.25) is 4.79 Å². The summed E-state index contributed by atoms with van der Waals surface area (Å²) in [4.78, 5) is 12.8. The van der Waals surface area contributed by atoms with Gasteiger partial charge in [0.1, 0.15) is 5.75 Å². The van der Waals surface area contributed by atoms with Crippen LogP contribution in [0.5, 0.6) is 5.75 Å². The SMILES string of the molecule is CC[N+]1(C(C)C(=O)Nc2c(C)cc(OC)cc2C)CCCC1.[Y]. The Morgan fingerprint density at radius 1 is 1.26 bits per heavy atom. The molecule has 1 aliphatic heterocycles. The maximum Gasteiger partial charge on any atom is 0.282 e. The number of methoxy groups -OCH3 is 1. The van der Waals surface area contributed by atoms with Crippen LogP contribution in [-0.2, 0) is 37.5 Å². The van der Waals surface area contributed by atoms with E-state index >= 15 is 0 Å². The van der Waals surface area contributed by atoms with Crippen molar-refractivity contribution >= 4 is 11.6 Å². The van der Waals surface area contributed by atoms with Crippen molar-refractivity contribution in [2.24, 2.45) is 0 Å². The van der Waals surface area contributed by atoms with Crippen LogP contribution in [0.4, 0.5) is 5.69 Å². The molecule has 5 heteroatoms. The van der Waals surface area contributed by atoms with Crippen molar-refractivity contribution in [2.75, 3.05) is 32.1 Å². The molecule has 0 aliphatic carbocycles. The number of benzene rings is 1. The van der Waals surface area contributed by atoms with Gasteiger partial charge in [0.05, 0.1) is 26.7 Å². The first-order chi connectivity index (χ1) is 10.4. The van der Waals surface area contributed by atoms with Crippen LogP contribution in [0.2, 0.25) is 0 Å². The summed E-state index contributed by atoms with van der Waals surface area (Å²) >= 11 is 0. The number of carbonyl (C=O) groups is 1. The predicted molar refractivity (Wildman–Crippen MR) is 90.3 cm³/mol. The van der Waals surface area contributed by atoms with Crippen molar-refractivity contribution in [3.05, 3.63) is 23.3 Å². The number of amides is 1. The first-order valence-corrected chi connectivity index (χ1v) is 8.25. The molecule has 1 aliphatic rings. The van der Waals surface area contributed by atoms with Crippen molar-refractivity contribution in [2.45, 2.75) is 46.6 Å². The number of hydrogen-bond donors (Lipinski definition) is 1. The van der Waals surface area contributed by atoms with Crippen molar-refractivity contribution in [3.63, 3.8) is 0 Å². The Labute approximate surface area is 165 Å². The van der Waals surface area contributed by atoms with E-state index < -0.39 is 0 Å².